The van der Waals surface area contributed by atoms with Gasteiger partial charge in [-0.15, -0.1) is 0 Å². The summed E-state index contributed by atoms with van der Waals surface area (Å²) in [7, 11) is -1.06. The third-order valence-corrected chi connectivity index (χ3v) is 9.48. The molecule has 0 aromatic heterocycles. The van der Waals surface area contributed by atoms with Gasteiger partial charge in [0.2, 0.25) is 21.8 Å². The van der Waals surface area contributed by atoms with E-state index in [0.717, 1.165) is 58.3 Å². The van der Waals surface area contributed by atoms with E-state index in [0.29, 0.717) is 5.75 Å². The first-order valence-electron chi connectivity index (χ1n) is 14.7. The second-order valence-electron chi connectivity index (χ2n) is 11.0. The minimum absolute atomic E-state index is 0.0349. The SMILES string of the molecule is COc1ccc(OC)c(N(CC(=O)N(Cc2ccc(Br)cc2)C(Cc2ccccc2)C(=O)NC2CCCCC2)S(C)(=O)=O)c1. The van der Waals surface area contributed by atoms with E-state index in [-0.39, 0.29) is 36.4 Å². The Hall–Kier alpha value is -3.57. The van der Waals surface area contributed by atoms with Gasteiger partial charge in [-0.2, -0.15) is 0 Å². The molecular weight excluding hydrogens is 646 g/mol. The van der Waals surface area contributed by atoms with Crippen LogP contribution in [0.4, 0.5) is 5.69 Å². The molecule has 0 spiro atoms. The summed E-state index contributed by atoms with van der Waals surface area (Å²) in [6, 6.07) is 20.9. The number of anilines is 1. The average Bonchev–Trinajstić information content (AvgIpc) is 3.02. The van der Waals surface area contributed by atoms with Crippen LogP contribution in [0.1, 0.15) is 43.2 Å². The largest absolute Gasteiger partial charge is 0.497 e. The van der Waals surface area contributed by atoms with Gasteiger partial charge in [-0.05, 0) is 48.2 Å². The second kappa shape index (κ2) is 15.4. The molecule has 2 amide bonds. The molecule has 236 valence electrons. The van der Waals surface area contributed by atoms with Crippen LogP contribution < -0.4 is 19.1 Å². The van der Waals surface area contributed by atoms with Gasteiger partial charge < -0.3 is 19.7 Å². The van der Waals surface area contributed by atoms with Crippen LogP contribution in [0.5, 0.6) is 11.5 Å². The summed E-state index contributed by atoms with van der Waals surface area (Å²) in [6.07, 6.45) is 6.31. The summed E-state index contributed by atoms with van der Waals surface area (Å²) in [5, 5.41) is 3.21. The first kappa shape index (κ1) is 33.3. The van der Waals surface area contributed by atoms with Gasteiger partial charge in [-0.1, -0.05) is 77.7 Å². The van der Waals surface area contributed by atoms with E-state index in [1.165, 1.54) is 25.2 Å². The number of nitrogens with one attached hydrogen (secondary N) is 1. The number of nitrogens with zero attached hydrogens (tertiary/aromatic N) is 2. The van der Waals surface area contributed by atoms with E-state index in [4.69, 9.17) is 9.47 Å². The number of rotatable bonds is 13. The Balaban J connectivity index is 1.75. The van der Waals surface area contributed by atoms with Crippen molar-refractivity contribution in [2.45, 2.75) is 57.2 Å². The number of carbonyl (C=O) groups is 2. The lowest BCUT2D eigenvalue weighted by molar-refractivity contribution is -0.140. The highest BCUT2D eigenvalue weighted by Gasteiger charge is 2.34. The van der Waals surface area contributed by atoms with Crippen LogP contribution in [0, 0.1) is 0 Å². The molecular formula is C33H40BrN3O6S. The molecule has 11 heteroatoms. The standard InChI is InChI=1S/C33H40BrN3O6S/c1-42-28-18-19-31(43-2)29(21-28)37(44(3,40)41)23-32(38)36(22-25-14-16-26(34)17-15-25)30(20-24-10-6-4-7-11-24)33(39)35-27-12-8-5-9-13-27/h4,6-7,10-11,14-19,21,27,30H,5,8-9,12-13,20,22-23H2,1-3H3,(H,35,39). The van der Waals surface area contributed by atoms with Crippen molar-refractivity contribution in [3.8, 4) is 11.5 Å². The molecule has 0 aliphatic heterocycles. The van der Waals surface area contributed by atoms with Crippen LogP contribution >= 0.6 is 15.9 Å². The number of ether oxygens (including phenoxy) is 2. The molecule has 1 atom stereocenters. The number of methoxy groups -OCH3 is 2. The summed E-state index contributed by atoms with van der Waals surface area (Å²) in [5.74, 6) is -0.110. The number of amides is 2. The number of hydrogen-bond acceptors (Lipinski definition) is 6. The highest BCUT2D eigenvalue weighted by molar-refractivity contribution is 9.10. The summed E-state index contributed by atoms with van der Waals surface area (Å²) < 4.78 is 39.1. The van der Waals surface area contributed by atoms with Crippen LogP contribution in [0.25, 0.3) is 0 Å². The predicted molar refractivity (Wildman–Crippen MR) is 175 cm³/mol. The van der Waals surface area contributed by atoms with E-state index in [9.17, 15) is 18.0 Å². The van der Waals surface area contributed by atoms with Gasteiger partial charge in [-0.25, -0.2) is 8.42 Å². The molecule has 4 rings (SSSR count). The minimum atomic E-state index is -3.97. The maximum Gasteiger partial charge on any atom is 0.244 e. The fourth-order valence-electron chi connectivity index (χ4n) is 5.47. The topological polar surface area (TPSA) is 105 Å². The number of halogens is 1. The molecule has 1 unspecified atom stereocenters. The second-order valence-corrected chi connectivity index (χ2v) is 13.8. The lowest BCUT2D eigenvalue weighted by atomic mass is 9.94. The Bertz CT molecular complexity index is 1510. The zero-order valence-corrected chi connectivity index (χ0v) is 27.8. The summed E-state index contributed by atoms with van der Waals surface area (Å²) >= 11 is 3.46. The van der Waals surface area contributed by atoms with Crippen LogP contribution in [0.3, 0.4) is 0 Å². The molecule has 0 saturated heterocycles. The lowest BCUT2D eigenvalue weighted by Gasteiger charge is -2.35. The number of sulfonamides is 1. The van der Waals surface area contributed by atoms with Crippen molar-refractivity contribution in [2.75, 3.05) is 31.3 Å². The van der Waals surface area contributed by atoms with Crippen molar-refractivity contribution in [3.63, 3.8) is 0 Å². The fraction of sp³-hybridized carbons (Fsp3) is 0.394. The van der Waals surface area contributed by atoms with Crippen molar-refractivity contribution < 1.29 is 27.5 Å². The van der Waals surface area contributed by atoms with Crippen molar-refractivity contribution in [1.29, 1.82) is 0 Å². The predicted octanol–water partition coefficient (Wildman–Crippen LogP) is 5.32. The quantitative estimate of drug-likeness (QED) is 0.261. The Morgan fingerprint density at radius 1 is 0.932 bits per heavy atom. The summed E-state index contributed by atoms with van der Waals surface area (Å²) in [5.41, 5.74) is 1.85. The summed E-state index contributed by atoms with van der Waals surface area (Å²) in [6.45, 7) is -0.435. The van der Waals surface area contributed by atoms with Crippen molar-refractivity contribution >= 4 is 43.5 Å². The molecule has 0 radical (unpaired) electrons. The van der Waals surface area contributed by atoms with E-state index < -0.39 is 28.5 Å². The molecule has 1 aliphatic rings. The van der Waals surface area contributed by atoms with Gasteiger partial charge in [0.25, 0.3) is 0 Å². The van der Waals surface area contributed by atoms with Crippen molar-refractivity contribution in [2.24, 2.45) is 0 Å². The van der Waals surface area contributed by atoms with Gasteiger partial charge >= 0.3 is 0 Å². The van der Waals surface area contributed by atoms with E-state index in [1.807, 2.05) is 54.6 Å². The van der Waals surface area contributed by atoms with Gasteiger partial charge in [0.05, 0.1) is 26.2 Å². The fourth-order valence-corrected chi connectivity index (χ4v) is 6.58. The monoisotopic (exact) mass is 685 g/mol. The van der Waals surface area contributed by atoms with Crippen LogP contribution in [-0.2, 0) is 32.6 Å². The molecule has 0 heterocycles. The van der Waals surface area contributed by atoms with E-state index in [2.05, 4.69) is 21.2 Å². The van der Waals surface area contributed by atoms with Crippen LogP contribution in [0.2, 0.25) is 0 Å². The molecule has 1 N–H and O–H groups in total. The Morgan fingerprint density at radius 3 is 2.23 bits per heavy atom. The highest BCUT2D eigenvalue weighted by atomic mass is 79.9. The molecule has 1 aliphatic carbocycles. The maximum atomic E-state index is 14.4. The van der Waals surface area contributed by atoms with Crippen molar-refractivity contribution in [3.05, 3.63) is 88.4 Å². The van der Waals surface area contributed by atoms with E-state index in [1.54, 1.807) is 12.1 Å². The smallest absolute Gasteiger partial charge is 0.244 e. The van der Waals surface area contributed by atoms with Crippen LogP contribution in [0.15, 0.2) is 77.3 Å². The first-order valence-corrected chi connectivity index (χ1v) is 17.3. The van der Waals surface area contributed by atoms with Gasteiger partial charge in [0, 0.05) is 29.5 Å². The van der Waals surface area contributed by atoms with Gasteiger partial charge in [0.1, 0.15) is 24.1 Å². The molecule has 3 aromatic carbocycles. The molecule has 0 bridgehead atoms. The van der Waals surface area contributed by atoms with Gasteiger partial charge in [-0.3, -0.25) is 13.9 Å². The number of benzene rings is 3. The average molecular weight is 687 g/mol. The third kappa shape index (κ3) is 8.98. The van der Waals surface area contributed by atoms with E-state index >= 15 is 0 Å². The van der Waals surface area contributed by atoms with Gasteiger partial charge in [0.15, 0.2) is 0 Å². The molecule has 9 nitrogen and oxygen atoms in total. The first-order chi connectivity index (χ1) is 21.1. The van der Waals surface area contributed by atoms with Crippen LogP contribution in [-0.4, -0.2) is 64.2 Å². The number of carbonyl (C=O) groups excluding carboxylic acids is 2. The highest BCUT2D eigenvalue weighted by Crippen LogP contribution is 2.34. The molecule has 3 aromatic rings. The summed E-state index contributed by atoms with van der Waals surface area (Å²) in [4.78, 5) is 29.9. The Morgan fingerprint density at radius 2 is 1.61 bits per heavy atom. The zero-order chi connectivity index (χ0) is 31.7. The lowest BCUT2D eigenvalue weighted by Crippen LogP contribution is -2.55. The number of hydrogen-bond donors (Lipinski definition) is 1. The normalized spacial score (nSPS) is 14.4. The molecule has 44 heavy (non-hydrogen) atoms. The Kier molecular flexibility index (Phi) is 11.7. The molecule has 1 fully saturated rings. The maximum absolute atomic E-state index is 14.4. The Labute approximate surface area is 268 Å². The third-order valence-electron chi connectivity index (χ3n) is 7.82. The molecule has 1 saturated carbocycles. The zero-order valence-electron chi connectivity index (χ0n) is 25.4. The minimum Gasteiger partial charge on any atom is -0.497 e. The van der Waals surface area contributed by atoms with Crippen molar-refractivity contribution in [1.82, 2.24) is 10.2 Å².